The summed E-state index contributed by atoms with van der Waals surface area (Å²) in [6.07, 6.45) is -15.4. The lowest BCUT2D eigenvalue weighted by atomic mass is 9.96. The van der Waals surface area contributed by atoms with Crippen LogP contribution in [0.25, 0.3) is 0 Å². The number of rotatable bonds is 10. The van der Waals surface area contributed by atoms with Gasteiger partial charge in [0.25, 0.3) is 0 Å². The standard InChI is InChI=1S/C16H8F17O4P/c17-8(10(19,20)12(23,24)13(25,26)14(27,28)15(29,30)31)9(18)11(21,22)16(32,33)37-7-3-1-6(2-4-7)5-38(34,35)36/h1-4H,5H2,(H2,34,35,36)/b9-8+. The van der Waals surface area contributed by atoms with Gasteiger partial charge >= 0.3 is 49.5 Å². The van der Waals surface area contributed by atoms with Crippen molar-refractivity contribution in [1.82, 2.24) is 0 Å². The van der Waals surface area contributed by atoms with Gasteiger partial charge in [0.05, 0.1) is 6.16 Å². The fraction of sp³-hybridized carbons (Fsp3) is 0.500. The third kappa shape index (κ3) is 5.83. The van der Waals surface area contributed by atoms with Crippen LogP contribution in [-0.2, 0) is 10.7 Å². The summed E-state index contributed by atoms with van der Waals surface area (Å²) in [7, 11) is -4.76. The van der Waals surface area contributed by atoms with E-state index in [1.165, 1.54) is 0 Å². The van der Waals surface area contributed by atoms with Crippen molar-refractivity contribution in [3.63, 3.8) is 0 Å². The second-order valence-electron chi connectivity index (χ2n) is 7.08. The largest absolute Gasteiger partial charge is 0.471 e. The second kappa shape index (κ2) is 9.72. The predicted octanol–water partition coefficient (Wildman–Crippen LogP) is 7.23. The Kier molecular flexibility index (Phi) is 8.64. The molecule has 1 aromatic carbocycles. The van der Waals surface area contributed by atoms with E-state index >= 15 is 0 Å². The first kappa shape index (κ1) is 33.7. The third-order valence-electron chi connectivity index (χ3n) is 4.21. The Labute approximate surface area is 197 Å². The number of allylic oxidation sites excluding steroid dienone is 1. The fourth-order valence-corrected chi connectivity index (χ4v) is 2.91. The normalized spacial score (nSPS) is 15.9. The molecule has 38 heavy (non-hydrogen) atoms. The highest BCUT2D eigenvalue weighted by Gasteiger charge is 2.88. The molecule has 4 nitrogen and oxygen atoms in total. The van der Waals surface area contributed by atoms with E-state index in [0.717, 1.165) is 0 Å². The van der Waals surface area contributed by atoms with Gasteiger partial charge in [-0.15, -0.1) is 0 Å². The molecule has 0 amide bonds. The molecule has 0 unspecified atom stereocenters. The van der Waals surface area contributed by atoms with Gasteiger partial charge in [0.1, 0.15) is 5.75 Å². The SMILES string of the molecule is O=P(O)(O)Cc1ccc(OC(F)(F)C(F)(F)/C(F)=C(\F)C(F)(F)C(F)(F)C(F)(F)C(F)(F)C(F)(F)F)cc1. The highest BCUT2D eigenvalue weighted by Crippen LogP contribution is 2.60. The summed E-state index contributed by atoms with van der Waals surface area (Å²) in [5, 5.41) is 0. The van der Waals surface area contributed by atoms with Crippen LogP contribution in [0.5, 0.6) is 5.75 Å². The zero-order valence-corrected chi connectivity index (χ0v) is 18.0. The number of hydrogen-bond donors (Lipinski definition) is 2. The van der Waals surface area contributed by atoms with Crippen molar-refractivity contribution >= 4 is 7.60 Å². The summed E-state index contributed by atoms with van der Waals surface area (Å²) in [6.45, 7) is 0. The lowest BCUT2D eigenvalue weighted by Crippen LogP contribution is -2.66. The van der Waals surface area contributed by atoms with Crippen LogP contribution in [0.3, 0.4) is 0 Å². The molecule has 0 spiro atoms. The minimum atomic E-state index is -8.36. The van der Waals surface area contributed by atoms with Crippen LogP contribution in [0.2, 0.25) is 0 Å². The first-order valence-electron chi connectivity index (χ1n) is 8.69. The Morgan fingerprint density at radius 1 is 0.658 bits per heavy atom. The Morgan fingerprint density at radius 2 is 1.05 bits per heavy atom. The molecule has 0 fully saturated rings. The zero-order valence-electron chi connectivity index (χ0n) is 17.1. The summed E-state index contributed by atoms with van der Waals surface area (Å²) in [4.78, 5) is 17.4. The van der Waals surface area contributed by atoms with Crippen LogP contribution in [-0.4, -0.2) is 51.7 Å². The Hall–Kier alpha value is -2.28. The minimum Gasteiger partial charge on any atom is -0.428 e. The maximum Gasteiger partial charge on any atom is 0.471 e. The van der Waals surface area contributed by atoms with Gasteiger partial charge in [0, 0.05) is 0 Å². The lowest BCUT2D eigenvalue weighted by molar-refractivity contribution is -0.419. The van der Waals surface area contributed by atoms with Gasteiger partial charge in [0.15, 0.2) is 0 Å². The molecule has 22 heteroatoms. The van der Waals surface area contributed by atoms with Gasteiger partial charge in [-0.3, -0.25) is 4.57 Å². The van der Waals surface area contributed by atoms with Crippen molar-refractivity contribution in [3.05, 3.63) is 41.5 Å². The first-order valence-corrected chi connectivity index (χ1v) is 10.5. The number of halogens is 17. The average Bonchev–Trinajstić information content (AvgIpc) is 2.71. The van der Waals surface area contributed by atoms with Crippen molar-refractivity contribution in [2.75, 3.05) is 0 Å². The van der Waals surface area contributed by atoms with Crippen LogP contribution in [0, 0.1) is 0 Å². The molecular formula is C16H8F17O4P. The maximum absolute atomic E-state index is 13.7. The van der Waals surface area contributed by atoms with Crippen LogP contribution < -0.4 is 4.74 Å². The molecule has 0 saturated heterocycles. The number of ether oxygens (including phenoxy) is 1. The number of benzene rings is 1. The van der Waals surface area contributed by atoms with E-state index in [4.69, 9.17) is 9.79 Å². The van der Waals surface area contributed by atoms with Gasteiger partial charge in [-0.25, -0.2) is 8.78 Å². The van der Waals surface area contributed by atoms with Crippen molar-refractivity contribution < 1.29 is 93.7 Å². The monoisotopic (exact) mass is 618 g/mol. The Morgan fingerprint density at radius 3 is 1.42 bits per heavy atom. The van der Waals surface area contributed by atoms with E-state index in [9.17, 15) is 79.2 Å². The first-order chi connectivity index (χ1) is 16.5. The van der Waals surface area contributed by atoms with Gasteiger partial charge in [-0.2, -0.15) is 65.9 Å². The summed E-state index contributed by atoms with van der Waals surface area (Å²) < 4.78 is 238. The molecule has 2 N–H and O–H groups in total. The van der Waals surface area contributed by atoms with Gasteiger partial charge in [0.2, 0.25) is 11.7 Å². The van der Waals surface area contributed by atoms with Crippen molar-refractivity contribution in [1.29, 1.82) is 0 Å². The smallest absolute Gasteiger partial charge is 0.428 e. The van der Waals surface area contributed by atoms with Gasteiger partial charge in [-0.1, -0.05) is 12.1 Å². The van der Waals surface area contributed by atoms with Crippen LogP contribution in [0.15, 0.2) is 35.9 Å². The summed E-state index contributed by atoms with van der Waals surface area (Å²) in [5.41, 5.74) is -0.364. The average molecular weight is 618 g/mol. The van der Waals surface area contributed by atoms with Crippen LogP contribution in [0.1, 0.15) is 5.56 Å². The molecule has 0 heterocycles. The Balaban J connectivity index is 3.48. The Bertz CT molecular complexity index is 1090. The molecule has 1 rings (SSSR count). The topological polar surface area (TPSA) is 66.8 Å². The van der Waals surface area contributed by atoms with Crippen molar-refractivity contribution in [2.24, 2.45) is 0 Å². The molecule has 1 aromatic rings. The molecule has 0 atom stereocenters. The minimum absolute atomic E-state index is 0.218. The van der Waals surface area contributed by atoms with Gasteiger partial charge in [-0.05, 0) is 17.7 Å². The quantitative estimate of drug-likeness (QED) is 0.215. The molecule has 0 aliphatic rings. The van der Waals surface area contributed by atoms with E-state index < -0.39 is 73.1 Å². The molecule has 220 valence electrons. The second-order valence-corrected chi connectivity index (χ2v) is 8.73. The highest BCUT2D eigenvalue weighted by atomic mass is 31.2. The van der Waals surface area contributed by atoms with E-state index in [0.29, 0.717) is 12.1 Å². The molecular weight excluding hydrogens is 610 g/mol. The van der Waals surface area contributed by atoms with Crippen LogP contribution in [0.4, 0.5) is 74.6 Å². The molecule has 0 radical (unpaired) electrons. The summed E-state index contributed by atoms with van der Waals surface area (Å²) in [5.74, 6) is -51.8. The van der Waals surface area contributed by atoms with Gasteiger partial charge < -0.3 is 14.5 Å². The lowest BCUT2D eigenvalue weighted by Gasteiger charge is -2.37. The van der Waals surface area contributed by atoms with E-state index in [2.05, 4.69) is 4.74 Å². The maximum atomic E-state index is 13.7. The van der Waals surface area contributed by atoms with E-state index in [1.54, 1.807) is 0 Å². The number of alkyl halides is 15. The fourth-order valence-electron chi connectivity index (χ4n) is 2.23. The van der Waals surface area contributed by atoms with Crippen molar-refractivity contribution in [2.45, 2.75) is 48.1 Å². The van der Waals surface area contributed by atoms with Crippen LogP contribution >= 0.6 is 7.60 Å². The predicted molar refractivity (Wildman–Crippen MR) is 87.8 cm³/mol. The highest BCUT2D eigenvalue weighted by molar-refractivity contribution is 7.50. The van der Waals surface area contributed by atoms with E-state index in [-0.39, 0.29) is 17.7 Å². The number of hydrogen-bond acceptors (Lipinski definition) is 2. The molecule has 0 aliphatic carbocycles. The zero-order chi connectivity index (χ0) is 30.6. The van der Waals surface area contributed by atoms with Crippen molar-refractivity contribution in [3.8, 4) is 5.75 Å². The molecule has 0 aromatic heterocycles. The third-order valence-corrected chi connectivity index (χ3v) is 4.98. The molecule has 0 bridgehead atoms. The summed E-state index contributed by atoms with van der Waals surface area (Å²) in [6, 6.07) is 1.48. The molecule has 0 saturated carbocycles. The van der Waals surface area contributed by atoms with E-state index in [1.807, 2.05) is 0 Å². The molecule has 0 aliphatic heterocycles. The summed E-state index contributed by atoms with van der Waals surface area (Å²) >= 11 is 0.